The maximum atomic E-state index is 12.0. The highest BCUT2D eigenvalue weighted by Gasteiger charge is 2.30. The van der Waals surface area contributed by atoms with Gasteiger partial charge in [0.2, 0.25) is 10.0 Å². The molecule has 0 saturated carbocycles. The Balaban J connectivity index is 2.70. The maximum absolute atomic E-state index is 12.0. The van der Waals surface area contributed by atoms with Gasteiger partial charge in [0.25, 0.3) is 0 Å². The zero-order chi connectivity index (χ0) is 11.3. The Hall–Kier alpha value is -0.130. The lowest BCUT2D eigenvalue weighted by Crippen LogP contribution is -2.48. The first-order valence-electron chi connectivity index (χ1n) is 5.76. The van der Waals surface area contributed by atoms with Gasteiger partial charge in [0.05, 0.1) is 5.75 Å². The Bertz CT molecular complexity index is 275. The predicted molar refractivity (Wildman–Crippen MR) is 62.3 cm³/mol. The summed E-state index contributed by atoms with van der Waals surface area (Å²) in [5, 5.41) is 3.08. The molecular formula is C10H22N2O2S. The lowest BCUT2D eigenvalue weighted by Gasteiger charge is -2.34. The second-order valence-electron chi connectivity index (χ2n) is 4.13. The first kappa shape index (κ1) is 12.9. The predicted octanol–water partition coefficient (Wildman–Crippen LogP) is 0.800. The second-order valence-corrected chi connectivity index (χ2v) is 6.18. The van der Waals surface area contributed by atoms with Crippen LogP contribution in [-0.2, 0) is 10.0 Å². The highest BCUT2D eigenvalue weighted by Crippen LogP contribution is 2.20. The van der Waals surface area contributed by atoms with E-state index in [-0.39, 0.29) is 11.8 Å². The van der Waals surface area contributed by atoms with Crippen molar-refractivity contribution in [3.05, 3.63) is 0 Å². The number of likely N-dealkylation sites (N-methyl/N-ethyl adjacent to an activating group) is 1. The van der Waals surface area contributed by atoms with Crippen molar-refractivity contribution in [2.45, 2.75) is 38.6 Å². The highest BCUT2D eigenvalue weighted by molar-refractivity contribution is 7.89. The van der Waals surface area contributed by atoms with Crippen LogP contribution in [0.5, 0.6) is 0 Å². The van der Waals surface area contributed by atoms with Crippen LogP contribution >= 0.6 is 0 Å². The molecule has 4 nitrogen and oxygen atoms in total. The summed E-state index contributed by atoms with van der Waals surface area (Å²) < 4.78 is 25.6. The molecule has 0 radical (unpaired) electrons. The van der Waals surface area contributed by atoms with E-state index in [0.717, 1.165) is 25.8 Å². The van der Waals surface area contributed by atoms with Gasteiger partial charge in [0.15, 0.2) is 0 Å². The summed E-state index contributed by atoms with van der Waals surface area (Å²) >= 11 is 0. The molecule has 0 bridgehead atoms. The van der Waals surface area contributed by atoms with Crippen LogP contribution in [0.15, 0.2) is 0 Å². The van der Waals surface area contributed by atoms with Crippen molar-refractivity contribution in [1.29, 1.82) is 0 Å². The van der Waals surface area contributed by atoms with Gasteiger partial charge in [-0.3, -0.25) is 0 Å². The Morgan fingerprint density at radius 3 is 2.73 bits per heavy atom. The van der Waals surface area contributed by atoms with Gasteiger partial charge in [-0.2, -0.15) is 4.31 Å². The van der Waals surface area contributed by atoms with Gasteiger partial charge in [-0.1, -0.05) is 13.3 Å². The number of hydrogen-bond acceptors (Lipinski definition) is 3. The largest absolute Gasteiger partial charge is 0.318 e. The maximum Gasteiger partial charge on any atom is 0.214 e. The molecule has 15 heavy (non-hydrogen) atoms. The van der Waals surface area contributed by atoms with E-state index in [9.17, 15) is 8.42 Å². The summed E-state index contributed by atoms with van der Waals surface area (Å²) in [6.07, 6.45) is 3.84. The summed E-state index contributed by atoms with van der Waals surface area (Å²) in [6.45, 7) is 3.38. The molecule has 0 aliphatic carbocycles. The molecule has 0 amide bonds. The first-order valence-corrected chi connectivity index (χ1v) is 7.37. The first-order chi connectivity index (χ1) is 7.11. The summed E-state index contributed by atoms with van der Waals surface area (Å²) in [5.41, 5.74) is 0. The quantitative estimate of drug-likeness (QED) is 0.765. The Kier molecular flexibility index (Phi) is 5.02. The minimum Gasteiger partial charge on any atom is -0.318 e. The molecule has 1 rings (SSSR count). The summed E-state index contributed by atoms with van der Waals surface area (Å²) in [7, 11) is -1.14. The molecule has 0 aromatic rings. The number of sulfonamides is 1. The number of piperidine rings is 1. The van der Waals surface area contributed by atoms with E-state index >= 15 is 0 Å². The minimum absolute atomic E-state index is 0.167. The van der Waals surface area contributed by atoms with Crippen molar-refractivity contribution in [2.24, 2.45) is 0 Å². The Morgan fingerprint density at radius 2 is 2.13 bits per heavy atom. The molecule has 5 heteroatoms. The molecule has 1 heterocycles. The third-order valence-corrected chi connectivity index (χ3v) is 4.95. The van der Waals surface area contributed by atoms with Crippen LogP contribution < -0.4 is 5.32 Å². The minimum atomic E-state index is -3.01. The lowest BCUT2D eigenvalue weighted by atomic mass is 10.1. The fourth-order valence-corrected chi connectivity index (χ4v) is 3.95. The van der Waals surface area contributed by atoms with Crippen molar-refractivity contribution in [2.75, 3.05) is 25.9 Å². The van der Waals surface area contributed by atoms with E-state index in [4.69, 9.17) is 0 Å². The molecular weight excluding hydrogens is 212 g/mol. The Morgan fingerprint density at radius 1 is 1.40 bits per heavy atom. The molecule has 90 valence electrons. The number of hydrogen-bond donors (Lipinski definition) is 1. The third kappa shape index (κ3) is 3.43. The van der Waals surface area contributed by atoms with Gasteiger partial charge in [0.1, 0.15) is 0 Å². The molecule has 1 aliphatic heterocycles. The van der Waals surface area contributed by atoms with Crippen LogP contribution in [0.2, 0.25) is 0 Å². The SMILES string of the molecule is CCCS(=O)(=O)N1CCCCC1CNC. The van der Waals surface area contributed by atoms with E-state index in [1.807, 2.05) is 14.0 Å². The second kappa shape index (κ2) is 5.82. The van der Waals surface area contributed by atoms with Crippen LogP contribution in [0.3, 0.4) is 0 Å². The standard InChI is InChI=1S/C10H22N2O2S/c1-3-8-15(13,14)12-7-5-4-6-10(12)9-11-2/h10-11H,3-9H2,1-2H3. The smallest absolute Gasteiger partial charge is 0.214 e. The summed E-state index contributed by atoms with van der Waals surface area (Å²) in [6, 6.07) is 0.167. The van der Waals surface area contributed by atoms with Gasteiger partial charge in [-0.05, 0) is 26.3 Å². The molecule has 1 saturated heterocycles. The van der Waals surface area contributed by atoms with E-state index in [1.54, 1.807) is 4.31 Å². The van der Waals surface area contributed by atoms with E-state index in [2.05, 4.69) is 5.32 Å². The van der Waals surface area contributed by atoms with Crippen LogP contribution in [0, 0.1) is 0 Å². The van der Waals surface area contributed by atoms with Crippen molar-refractivity contribution in [3.8, 4) is 0 Å². The molecule has 1 aliphatic rings. The van der Waals surface area contributed by atoms with E-state index < -0.39 is 10.0 Å². The van der Waals surface area contributed by atoms with Crippen LogP contribution in [0.25, 0.3) is 0 Å². The monoisotopic (exact) mass is 234 g/mol. The lowest BCUT2D eigenvalue weighted by molar-refractivity contribution is 0.249. The van der Waals surface area contributed by atoms with Gasteiger partial charge in [0, 0.05) is 19.1 Å². The van der Waals surface area contributed by atoms with Crippen molar-refractivity contribution in [3.63, 3.8) is 0 Å². The molecule has 1 fully saturated rings. The fraction of sp³-hybridized carbons (Fsp3) is 1.00. The normalized spacial score (nSPS) is 24.3. The molecule has 0 aromatic heterocycles. The summed E-state index contributed by atoms with van der Waals surface area (Å²) in [4.78, 5) is 0. The van der Waals surface area contributed by atoms with Crippen molar-refractivity contribution >= 4 is 10.0 Å². The zero-order valence-corrected chi connectivity index (χ0v) is 10.5. The fourth-order valence-electron chi connectivity index (χ4n) is 2.16. The average Bonchev–Trinajstić information content (AvgIpc) is 2.19. The Labute approximate surface area is 93.1 Å². The molecule has 0 aromatic carbocycles. The van der Waals surface area contributed by atoms with Crippen LogP contribution in [0.4, 0.5) is 0 Å². The van der Waals surface area contributed by atoms with Crippen molar-refractivity contribution in [1.82, 2.24) is 9.62 Å². The van der Waals surface area contributed by atoms with E-state index in [1.165, 1.54) is 0 Å². The average molecular weight is 234 g/mol. The zero-order valence-electron chi connectivity index (χ0n) is 9.70. The number of nitrogens with one attached hydrogen (secondary N) is 1. The highest BCUT2D eigenvalue weighted by atomic mass is 32.2. The van der Waals surface area contributed by atoms with Crippen LogP contribution in [0.1, 0.15) is 32.6 Å². The van der Waals surface area contributed by atoms with Gasteiger partial charge >= 0.3 is 0 Å². The summed E-state index contributed by atoms with van der Waals surface area (Å²) in [5.74, 6) is 0.285. The van der Waals surface area contributed by atoms with Crippen LogP contribution in [-0.4, -0.2) is 44.7 Å². The van der Waals surface area contributed by atoms with Gasteiger partial charge in [-0.15, -0.1) is 0 Å². The van der Waals surface area contributed by atoms with Crippen molar-refractivity contribution < 1.29 is 8.42 Å². The van der Waals surface area contributed by atoms with Gasteiger partial charge in [-0.25, -0.2) is 8.42 Å². The number of rotatable bonds is 5. The topological polar surface area (TPSA) is 49.4 Å². The molecule has 0 spiro atoms. The third-order valence-electron chi connectivity index (χ3n) is 2.83. The molecule has 1 unspecified atom stereocenters. The number of nitrogens with zero attached hydrogens (tertiary/aromatic N) is 1. The molecule has 1 atom stereocenters. The molecule has 1 N–H and O–H groups in total. The van der Waals surface area contributed by atoms with Gasteiger partial charge < -0.3 is 5.32 Å². The van der Waals surface area contributed by atoms with E-state index in [0.29, 0.717) is 13.0 Å².